The number of ether oxygens (including phenoxy) is 2. The first-order valence-corrected chi connectivity index (χ1v) is 13.6. The fourth-order valence-corrected chi connectivity index (χ4v) is 9.31. The number of hydrogen-bond donors (Lipinski definition) is 1. The molecule has 1 aliphatic heterocycles. The maximum Gasteiger partial charge on any atom is 0.261 e. The highest BCUT2D eigenvalue weighted by molar-refractivity contribution is 6.99. The van der Waals surface area contributed by atoms with Gasteiger partial charge >= 0.3 is 0 Å². The van der Waals surface area contributed by atoms with Crippen LogP contribution in [0.5, 0.6) is 0 Å². The molecule has 3 rings (SSSR count). The van der Waals surface area contributed by atoms with E-state index < -0.39 is 42.9 Å². The van der Waals surface area contributed by atoms with Gasteiger partial charge in [-0.3, -0.25) is 10.1 Å². The van der Waals surface area contributed by atoms with E-state index in [1.165, 1.54) is 13.8 Å². The Morgan fingerprint density at radius 1 is 1.00 bits per heavy atom. The lowest BCUT2D eigenvalue weighted by Crippen LogP contribution is -2.67. The average molecular weight is 488 g/mol. The Bertz CT molecular complexity index is 934. The first-order chi connectivity index (χ1) is 15.7. The van der Waals surface area contributed by atoms with Crippen molar-refractivity contribution in [3.05, 3.63) is 70.8 Å². The minimum absolute atomic E-state index is 0.131. The van der Waals surface area contributed by atoms with E-state index in [0.717, 1.165) is 10.4 Å². The molecule has 0 saturated carbocycles. The smallest absolute Gasteiger partial charge is 0.261 e. The topological polar surface area (TPSA) is 91.1 Å². The van der Waals surface area contributed by atoms with Crippen LogP contribution in [0.2, 0.25) is 5.04 Å². The number of nitrogens with zero attached hydrogens (tertiary/aromatic N) is 1. The molecular formula is C26H37NO6Si. The zero-order valence-electron chi connectivity index (χ0n) is 21.1. The van der Waals surface area contributed by atoms with Crippen LogP contribution >= 0.6 is 0 Å². The van der Waals surface area contributed by atoms with Gasteiger partial charge in [0, 0.05) is 18.8 Å². The molecule has 1 N–H and O–H groups in total. The molecule has 0 bridgehead atoms. The molecule has 0 aromatic heterocycles. The summed E-state index contributed by atoms with van der Waals surface area (Å²) in [5.41, 5.74) is -1.61. The number of benzene rings is 2. The largest absolute Gasteiger partial charge is 0.405 e. The van der Waals surface area contributed by atoms with Gasteiger partial charge in [0.15, 0.2) is 11.9 Å². The minimum atomic E-state index is -2.85. The second-order valence-electron chi connectivity index (χ2n) is 11.0. The monoisotopic (exact) mass is 487 g/mol. The van der Waals surface area contributed by atoms with Gasteiger partial charge in [-0.25, -0.2) is 0 Å². The van der Waals surface area contributed by atoms with Crippen LogP contribution in [0.25, 0.3) is 0 Å². The molecule has 0 amide bonds. The number of rotatable bonds is 8. The molecule has 186 valence electrons. The van der Waals surface area contributed by atoms with Gasteiger partial charge in [-0.1, -0.05) is 81.4 Å². The first kappa shape index (κ1) is 26.5. The van der Waals surface area contributed by atoms with Crippen molar-refractivity contribution in [2.75, 3.05) is 6.61 Å². The second-order valence-corrected chi connectivity index (χ2v) is 15.3. The van der Waals surface area contributed by atoms with Gasteiger partial charge in [-0.15, -0.1) is 0 Å². The molecule has 0 spiro atoms. The SMILES string of the molecule is CC1(C)O[C@@H]([C@@H](O)C(C)(C)[N+](=O)[O-])[C@H](CO[Si](c2ccccc2)(c2ccccc2)C(C)(C)C)O1. The Kier molecular flexibility index (Phi) is 7.41. The van der Waals surface area contributed by atoms with E-state index in [1.54, 1.807) is 13.8 Å². The third-order valence-electron chi connectivity index (χ3n) is 6.61. The summed E-state index contributed by atoms with van der Waals surface area (Å²) in [7, 11) is -2.85. The molecular weight excluding hydrogens is 450 g/mol. The summed E-state index contributed by atoms with van der Waals surface area (Å²) in [6, 6.07) is 20.4. The molecule has 2 aromatic rings. The molecule has 0 radical (unpaired) electrons. The van der Waals surface area contributed by atoms with Gasteiger partial charge < -0.3 is 19.0 Å². The Labute approximate surface area is 203 Å². The lowest BCUT2D eigenvalue weighted by atomic mass is 9.91. The molecule has 3 atom stereocenters. The summed E-state index contributed by atoms with van der Waals surface area (Å²) in [4.78, 5) is 11.2. The van der Waals surface area contributed by atoms with Gasteiger partial charge in [0.05, 0.1) is 6.61 Å². The molecule has 34 heavy (non-hydrogen) atoms. The fraction of sp³-hybridized carbons (Fsp3) is 0.538. The van der Waals surface area contributed by atoms with Crippen LogP contribution in [-0.4, -0.2) is 54.6 Å². The number of aliphatic hydroxyl groups is 1. The highest BCUT2D eigenvalue weighted by atomic mass is 28.4. The fourth-order valence-electron chi connectivity index (χ4n) is 4.74. The average Bonchev–Trinajstić information content (AvgIpc) is 3.08. The molecule has 8 heteroatoms. The second kappa shape index (κ2) is 9.51. The maximum absolute atomic E-state index is 11.6. The van der Waals surface area contributed by atoms with Crippen LogP contribution in [-0.2, 0) is 13.9 Å². The lowest BCUT2D eigenvalue weighted by molar-refractivity contribution is -0.576. The van der Waals surface area contributed by atoms with Crippen LogP contribution in [0.3, 0.4) is 0 Å². The van der Waals surface area contributed by atoms with E-state index in [1.807, 2.05) is 36.4 Å². The van der Waals surface area contributed by atoms with Gasteiger partial charge in [0.1, 0.15) is 12.2 Å². The zero-order valence-corrected chi connectivity index (χ0v) is 22.1. The normalized spacial score (nSPS) is 21.9. The third kappa shape index (κ3) is 4.97. The molecule has 0 unspecified atom stereocenters. The van der Waals surface area contributed by atoms with E-state index in [4.69, 9.17) is 13.9 Å². The molecule has 7 nitrogen and oxygen atoms in total. The number of aliphatic hydroxyl groups excluding tert-OH is 1. The van der Waals surface area contributed by atoms with Crippen molar-refractivity contribution in [3.8, 4) is 0 Å². The van der Waals surface area contributed by atoms with E-state index in [-0.39, 0.29) is 11.6 Å². The third-order valence-corrected chi connectivity index (χ3v) is 11.6. The molecule has 1 saturated heterocycles. The predicted octanol–water partition coefficient (Wildman–Crippen LogP) is 3.50. The van der Waals surface area contributed by atoms with Crippen molar-refractivity contribution < 1.29 is 23.9 Å². The molecule has 0 aliphatic carbocycles. The van der Waals surface area contributed by atoms with Crippen molar-refractivity contribution in [3.63, 3.8) is 0 Å². The van der Waals surface area contributed by atoms with Crippen LogP contribution < -0.4 is 10.4 Å². The molecule has 1 heterocycles. The van der Waals surface area contributed by atoms with Gasteiger partial charge in [0.25, 0.3) is 8.32 Å². The van der Waals surface area contributed by atoms with Gasteiger partial charge in [-0.05, 0) is 29.3 Å². The Hall–Kier alpha value is -2.10. The van der Waals surface area contributed by atoms with Crippen LogP contribution in [0, 0.1) is 10.1 Å². The minimum Gasteiger partial charge on any atom is -0.405 e. The molecule has 1 fully saturated rings. The summed E-state index contributed by atoms with van der Waals surface area (Å²) < 4.78 is 19.1. The molecule has 1 aliphatic rings. The Balaban J connectivity index is 2.03. The summed E-state index contributed by atoms with van der Waals surface area (Å²) in [6.07, 6.45) is -2.96. The number of nitro groups is 1. The summed E-state index contributed by atoms with van der Waals surface area (Å²) in [5.74, 6) is -1.00. The van der Waals surface area contributed by atoms with Gasteiger partial charge in [0.2, 0.25) is 5.54 Å². The van der Waals surface area contributed by atoms with Crippen molar-refractivity contribution in [1.82, 2.24) is 0 Å². The van der Waals surface area contributed by atoms with Gasteiger partial charge in [-0.2, -0.15) is 0 Å². The zero-order chi connectivity index (χ0) is 25.4. The van der Waals surface area contributed by atoms with E-state index in [0.29, 0.717) is 0 Å². The van der Waals surface area contributed by atoms with E-state index in [2.05, 4.69) is 45.0 Å². The summed E-state index contributed by atoms with van der Waals surface area (Å²) in [6.45, 7) is 12.9. The predicted molar refractivity (Wildman–Crippen MR) is 134 cm³/mol. The summed E-state index contributed by atoms with van der Waals surface area (Å²) in [5, 5.41) is 24.6. The van der Waals surface area contributed by atoms with E-state index in [9.17, 15) is 15.2 Å². The Morgan fingerprint density at radius 3 is 1.88 bits per heavy atom. The molecule has 2 aromatic carbocycles. The first-order valence-electron chi connectivity index (χ1n) is 11.7. The highest BCUT2D eigenvalue weighted by Gasteiger charge is 2.56. The summed E-state index contributed by atoms with van der Waals surface area (Å²) >= 11 is 0. The van der Waals surface area contributed by atoms with E-state index >= 15 is 0 Å². The van der Waals surface area contributed by atoms with Crippen LogP contribution in [0.15, 0.2) is 60.7 Å². The van der Waals surface area contributed by atoms with Crippen LogP contribution in [0.1, 0.15) is 48.5 Å². The highest BCUT2D eigenvalue weighted by Crippen LogP contribution is 2.39. The lowest BCUT2D eigenvalue weighted by Gasteiger charge is -2.43. The van der Waals surface area contributed by atoms with Crippen molar-refractivity contribution in [1.29, 1.82) is 0 Å². The number of hydrogen-bond acceptors (Lipinski definition) is 6. The van der Waals surface area contributed by atoms with Crippen molar-refractivity contribution in [2.45, 2.75) is 83.1 Å². The van der Waals surface area contributed by atoms with Crippen molar-refractivity contribution >= 4 is 18.7 Å². The van der Waals surface area contributed by atoms with Crippen LogP contribution in [0.4, 0.5) is 0 Å². The maximum atomic E-state index is 11.6. The van der Waals surface area contributed by atoms with Crippen molar-refractivity contribution in [2.24, 2.45) is 0 Å². The Morgan fingerprint density at radius 2 is 1.47 bits per heavy atom. The standard InChI is InChI=1S/C26H37NO6Si/c1-24(2,3)34(19-14-10-8-11-15-19,20-16-12-9-13-17-20)31-18-21-22(33-26(6,7)32-21)23(28)25(4,5)27(29)30/h8-17,21-23,28H,18H2,1-7H3/t21-,22+,23+/m0/s1. The quantitative estimate of drug-likeness (QED) is 0.348.